The Hall–Kier alpha value is 0.540. The molecule has 0 radical (unpaired) electrons. The summed E-state index contributed by atoms with van der Waals surface area (Å²) in [6.07, 6.45) is 24.5. The minimum atomic E-state index is -4.44. The van der Waals surface area contributed by atoms with Crippen LogP contribution in [0.25, 0.3) is 0 Å². The highest BCUT2D eigenvalue weighted by atomic mass is 31.3. The molecule has 0 aliphatic carbocycles. The van der Waals surface area contributed by atoms with E-state index >= 15 is 0 Å². The predicted octanol–water partition coefficient (Wildman–Crippen LogP) is 9.11. The van der Waals surface area contributed by atoms with Gasteiger partial charge < -0.3 is 9.79 Å². The summed E-state index contributed by atoms with van der Waals surface area (Å²) >= 11 is 0. The van der Waals surface area contributed by atoms with Gasteiger partial charge in [0.05, 0.1) is 18.5 Å². The van der Waals surface area contributed by atoms with Crippen LogP contribution in [0.3, 0.4) is 0 Å². The van der Waals surface area contributed by atoms with E-state index in [0.717, 1.165) is 37.7 Å². The Morgan fingerprint density at radius 1 is 0.533 bits per heavy atom. The van der Waals surface area contributed by atoms with Crippen molar-refractivity contribution < 1.29 is 18.7 Å². The number of rotatable bonds is 23. The van der Waals surface area contributed by atoms with E-state index in [2.05, 4.69) is 20.8 Å². The first kappa shape index (κ1) is 30.5. The number of phosphoric acid groups is 1. The summed E-state index contributed by atoms with van der Waals surface area (Å²) in [4.78, 5) is 19.4. The third-order valence-corrected chi connectivity index (χ3v) is 11.7. The SMILES string of the molecule is CCCCCCCC[P+](CCCCCCCC)(CCCCCCCC)OP(=O)(O)O. The van der Waals surface area contributed by atoms with Gasteiger partial charge in [0.2, 0.25) is 0 Å². The molecule has 0 atom stereocenters. The highest BCUT2D eigenvalue weighted by molar-refractivity contribution is 7.76. The van der Waals surface area contributed by atoms with Crippen LogP contribution in [0.2, 0.25) is 0 Å². The molecule has 30 heavy (non-hydrogen) atoms. The van der Waals surface area contributed by atoms with Crippen molar-refractivity contribution in [2.24, 2.45) is 0 Å². The molecule has 0 saturated carbocycles. The molecular weight excluding hydrogens is 414 g/mol. The molecule has 0 bridgehead atoms. The van der Waals surface area contributed by atoms with E-state index in [1.165, 1.54) is 96.3 Å². The summed E-state index contributed by atoms with van der Waals surface area (Å²) < 4.78 is 17.6. The molecule has 4 nitrogen and oxygen atoms in total. The predicted molar refractivity (Wildman–Crippen MR) is 135 cm³/mol. The Labute approximate surface area is 189 Å². The van der Waals surface area contributed by atoms with Crippen LogP contribution in [0.15, 0.2) is 0 Å². The lowest BCUT2D eigenvalue weighted by molar-refractivity contribution is 0.289. The minimum Gasteiger partial charge on any atom is -0.301 e. The van der Waals surface area contributed by atoms with Crippen molar-refractivity contribution in [2.75, 3.05) is 18.5 Å². The van der Waals surface area contributed by atoms with E-state index in [1.54, 1.807) is 0 Å². The second-order valence-corrected chi connectivity index (χ2v) is 14.2. The van der Waals surface area contributed by atoms with Crippen molar-refractivity contribution in [3.8, 4) is 0 Å². The van der Waals surface area contributed by atoms with E-state index < -0.39 is 15.3 Å². The lowest BCUT2D eigenvalue weighted by Gasteiger charge is -2.26. The van der Waals surface area contributed by atoms with E-state index in [-0.39, 0.29) is 0 Å². The zero-order valence-corrected chi connectivity index (χ0v) is 22.2. The maximum atomic E-state index is 11.9. The molecule has 0 aliphatic heterocycles. The number of unbranched alkanes of at least 4 members (excludes halogenated alkanes) is 15. The van der Waals surface area contributed by atoms with Gasteiger partial charge in [-0.2, -0.15) is 0 Å². The molecule has 182 valence electrons. The molecule has 0 aromatic carbocycles. The summed E-state index contributed by atoms with van der Waals surface area (Å²) in [5.74, 6) is 0. The van der Waals surface area contributed by atoms with Gasteiger partial charge in [-0.3, -0.25) is 0 Å². The standard InChI is InChI=1S/C24H52O4P2/c1-4-7-10-13-16-19-22-29(28-30(25,26)27,23-20-17-14-11-8-5-2)24-21-18-15-12-9-6-3/h4-24H2,1-3H3,(H-,25,26,27)/p+1. The normalized spacial score (nSPS) is 12.6. The molecule has 0 heterocycles. The first-order valence-electron chi connectivity index (χ1n) is 13.0. The van der Waals surface area contributed by atoms with Gasteiger partial charge in [-0.05, 0) is 38.5 Å². The molecule has 0 aromatic heterocycles. The maximum Gasteiger partial charge on any atom is 0.503 e. The average Bonchev–Trinajstić information content (AvgIpc) is 2.69. The van der Waals surface area contributed by atoms with Crippen molar-refractivity contribution >= 4 is 15.3 Å². The van der Waals surface area contributed by atoms with Crippen LogP contribution in [-0.2, 0) is 8.88 Å². The van der Waals surface area contributed by atoms with Crippen LogP contribution in [0.4, 0.5) is 0 Å². The molecule has 2 N–H and O–H groups in total. The molecule has 6 heteroatoms. The fraction of sp³-hybridized carbons (Fsp3) is 1.00. The van der Waals surface area contributed by atoms with Crippen molar-refractivity contribution in [3.05, 3.63) is 0 Å². The Morgan fingerprint density at radius 3 is 1.07 bits per heavy atom. The molecule has 0 aliphatic rings. The number of hydrogen-bond acceptors (Lipinski definition) is 2. The smallest absolute Gasteiger partial charge is 0.301 e. The van der Waals surface area contributed by atoms with Crippen LogP contribution < -0.4 is 0 Å². The molecule has 0 aromatic rings. The first-order valence-corrected chi connectivity index (χ1v) is 16.8. The van der Waals surface area contributed by atoms with Gasteiger partial charge in [-0.1, -0.05) is 97.8 Å². The van der Waals surface area contributed by atoms with Crippen LogP contribution in [0, 0.1) is 0 Å². The summed E-state index contributed by atoms with van der Waals surface area (Å²) in [7, 11) is -6.48. The van der Waals surface area contributed by atoms with E-state index in [1.807, 2.05) is 0 Å². The van der Waals surface area contributed by atoms with Crippen molar-refractivity contribution in [2.45, 2.75) is 136 Å². The molecule has 0 spiro atoms. The zero-order chi connectivity index (χ0) is 22.6. The minimum absolute atomic E-state index is 0.897. The van der Waals surface area contributed by atoms with Crippen molar-refractivity contribution in [3.63, 3.8) is 0 Å². The van der Waals surface area contributed by atoms with Gasteiger partial charge >= 0.3 is 7.82 Å². The van der Waals surface area contributed by atoms with Gasteiger partial charge in [-0.25, -0.2) is 4.57 Å². The van der Waals surface area contributed by atoms with Crippen LogP contribution >= 0.6 is 15.3 Å². The van der Waals surface area contributed by atoms with Gasteiger partial charge in [0, 0.05) is 0 Å². The monoisotopic (exact) mass is 467 g/mol. The summed E-state index contributed by atoms with van der Waals surface area (Å²) in [5.41, 5.74) is 0. The highest BCUT2D eigenvalue weighted by Gasteiger charge is 2.44. The molecule has 0 rings (SSSR count). The van der Waals surface area contributed by atoms with Gasteiger partial charge in [0.1, 0.15) is 0 Å². The second kappa shape index (κ2) is 20.2. The van der Waals surface area contributed by atoms with Gasteiger partial charge in [0.25, 0.3) is 0 Å². The van der Waals surface area contributed by atoms with E-state index in [0.29, 0.717) is 0 Å². The molecule has 0 unspecified atom stereocenters. The fourth-order valence-electron chi connectivity index (χ4n) is 4.22. The van der Waals surface area contributed by atoms with Crippen LogP contribution in [0.1, 0.15) is 136 Å². The highest BCUT2D eigenvalue weighted by Crippen LogP contribution is 2.69. The lowest BCUT2D eigenvalue weighted by atomic mass is 10.1. The van der Waals surface area contributed by atoms with Gasteiger partial charge in [-0.15, -0.1) is 4.31 Å². The number of hydrogen-bond donors (Lipinski definition) is 2. The third-order valence-electron chi connectivity index (χ3n) is 6.04. The molecular formula is C24H53O4P2+. The van der Waals surface area contributed by atoms with Crippen LogP contribution in [-0.4, -0.2) is 28.3 Å². The molecule has 0 fully saturated rings. The molecule has 0 amide bonds. The summed E-state index contributed by atoms with van der Waals surface area (Å²) in [6.45, 7) is 6.68. The Balaban J connectivity index is 4.77. The average molecular weight is 468 g/mol. The van der Waals surface area contributed by atoms with Gasteiger partial charge in [0.15, 0.2) is 7.49 Å². The lowest BCUT2D eigenvalue weighted by Crippen LogP contribution is -2.12. The maximum absolute atomic E-state index is 11.9. The van der Waals surface area contributed by atoms with Crippen molar-refractivity contribution in [1.29, 1.82) is 0 Å². The quantitative estimate of drug-likeness (QED) is 0.116. The van der Waals surface area contributed by atoms with E-state index in [9.17, 15) is 14.4 Å². The first-order chi connectivity index (χ1) is 14.4. The second-order valence-electron chi connectivity index (χ2n) is 9.10. The summed E-state index contributed by atoms with van der Waals surface area (Å²) in [6, 6.07) is 0. The fourth-order valence-corrected chi connectivity index (χ4v) is 10.1. The Morgan fingerprint density at radius 2 is 0.800 bits per heavy atom. The zero-order valence-electron chi connectivity index (χ0n) is 20.5. The Kier molecular flexibility index (Phi) is 20.5. The van der Waals surface area contributed by atoms with E-state index in [4.69, 9.17) is 4.31 Å². The largest absolute Gasteiger partial charge is 0.503 e. The topological polar surface area (TPSA) is 66.8 Å². The van der Waals surface area contributed by atoms with Crippen molar-refractivity contribution in [1.82, 2.24) is 0 Å². The molecule has 0 saturated heterocycles. The summed E-state index contributed by atoms with van der Waals surface area (Å²) in [5, 5.41) is 0. The third kappa shape index (κ3) is 19.2. The van der Waals surface area contributed by atoms with Crippen LogP contribution in [0.5, 0.6) is 0 Å². The Bertz CT molecular complexity index is 371.